The maximum absolute atomic E-state index is 12.5. The van der Waals surface area contributed by atoms with Crippen LogP contribution in [0.15, 0.2) is 36.4 Å². The van der Waals surface area contributed by atoms with E-state index >= 15 is 0 Å². The number of imide groups is 1. The van der Waals surface area contributed by atoms with E-state index in [9.17, 15) is 14.9 Å². The fraction of sp³-hybridized carbons (Fsp3) is 0.118. The molecule has 2 aromatic carbocycles. The third-order valence-corrected chi connectivity index (χ3v) is 3.65. The zero-order chi connectivity index (χ0) is 15.1. The van der Waals surface area contributed by atoms with Crippen molar-refractivity contribution in [2.75, 3.05) is 4.90 Å². The molecule has 2 amide bonds. The first kappa shape index (κ1) is 13.1. The Morgan fingerprint density at radius 3 is 2.43 bits per heavy atom. The molecule has 0 saturated heterocycles. The first-order valence-electron chi connectivity index (χ1n) is 6.53. The van der Waals surface area contributed by atoms with E-state index < -0.39 is 0 Å². The van der Waals surface area contributed by atoms with Gasteiger partial charge in [-0.1, -0.05) is 23.8 Å². The molecular formula is C17H12N2O2. The number of nitriles is 1. The van der Waals surface area contributed by atoms with Gasteiger partial charge >= 0.3 is 0 Å². The molecule has 0 unspecified atom stereocenters. The van der Waals surface area contributed by atoms with E-state index in [0.29, 0.717) is 22.4 Å². The number of amides is 2. The maximum atomic E-state index is 12.5. The van der Waals surface area contributed by atoms with Crippen LogP contribution in [0.1, 0.15) is 37.4 Å². The predicted octanol–water partition coefficient (Wildman–Crippen LogP) is 2.98. The smallest absolute Gasteiger partial charge is 0.266 e. The van der Waals surface area contributed by atoms with Gasteiger partial charge < -0.3 is 0 Å². The van der Waals surface area contributed by atoms with Gasteiger partial charge in [-0.15, -0.1) is 0 Å². The number of rotatable bonds is 1. The summed E-state index contributed by atoms with van der Waals surface area (Å²) in [6.07, 6.45) is 0. The molecule has 1 aliphatic heterocycles. The molecule has 1 aliphatic rings. The number of hydrogen-bond acceptors (Lipinski definition) is 3. The Hall–Kier alpha value is -2.93. The van der Waals surface area contributed by atoms with Crippen molar-refractivity contribution in [1.82, 2.24) is 0 Å². The minimum atomic E-state index is -0.378. The summed E-state index contributed by atoms with van der Waals surface area (Å²) < 4.78 is 0. The zero-order valence-electron chi connectivity index (χ0n) is 11.7. The molecular weight excluding hydrogens is 264 g/mol. The summed E-state index contributed by atoms with van der Waals surface area (Å²) in [4.78, 5) is 26.1. The number of carbonyl (C=O) groups is 2. The molecule has 0 saturated carbocycles. The lowest BCUT2D eigenvalue weighted by Gasteiger charge is -2.16. The van der Waals surface area contributed by atoms with E-state index in [1.54, 1.807) is 43.3 Å². The summed E-state index contributed by atoms with van der Waals surface area (Å²) in [5.41, 5.74) is 3.13. The number of carbonyl (C=O) groups excluding carboxylic acids is 2. The van der Waals surface area contributed by atoms with Crippen LogP contribution in [0, 0.1) is 25.2 Å². The molecule has 4 heteroatoms. The van der Waals surface area contributed by atoms with Crippen molar-refractivity contribution >= 4 is 17.5 Å². The Balaban J connectivity index is 2.20. The molecule has 0 bridgehead atoms. The van der Waals surface area contributed by atoms with Gasteiger partial charge in [0.2, 0.25) is 0 Å². The summed E-state index contributed by atoms with van der Waals surface area (Å²) in [5, 5.41) is 9.29. The summed E-state index contributed by atoms with van der Waals surface area (Å²) in [7, 11) is 0. The van der Waals surface area contributed by atoms with Crippen LogP contribution in [-0.2, 0) is 0 Å². The topological polar surface area (TPSA) is 61.2 Å². The fourth-order valence-corrected chi connectivity index (χ4v) is 2.56. The minimum Gasteiger partial charge on any atom is -0.268 e. The molecule has 21 heavy (non-hydrogen) atoms. The molecule has 0 spiro atoms. The van der Waals surface area contributed by atoms with E-state index in [2.05, 4.69) is 6.07 Å². The molecule has 0 fully saturated rings. The zero-order valence-corrected chi connectivity index (χ0v) is 11.7. The van der Waals surface area contributed by atoms with Crippen LogP contribution < -0.4 is 4.90 Å². The van der Waals surface area contributed by atoms with Crippen molar-refractivity contribution in [1.29, 1.82) is 5.26 Å². The van der Waals surface area contributed by atoms with Crippen molar-refractivity contribution in [3.05, 3.63) is 64.2 Å². The third kappa shape index (κ3) is 1.83. The average molecular weight is 276 g/mol. The Morgan fingerprint density at radius 1 is 1.00 bits per heavy atom. The largest absolute Gasteiger partial charge is 0.268 e. The van der Waals surface area contributed by atoms with E-state index in [0.717, 1.165) is 16.0 Å². The Bertz CT molecular complexity index is 831. The normalized spacial score (nSPS) is 13.3. The van der Waals surface area contributed by atoms with Crippen LogP contribution in [0.5, 0.6) is 0 Å². The summed E-state index contributed by atoms with van der Waals surface area (Å²) in [5.74, 6) is -0.752. The van der Waals surface area contributed by atoms with E-state index in [-0.39, 0.29) is 11.8 Å². The molecule has 0 N–H and O–H groups in total. The van der Waals surface area contributed by atoms with Gasteiger partial charge in [0.1, 0.15) is 6.07 Å². The van der Waals surface area contributed by atoms with E-state index in [1.165, 1.54) is 0 Å². The lowest BCUT2D eigenvalue weighted by molar-refractivity contribution is 0.0926. The van der Waals surface area contributed by atoms with Crippen molar-refractivity contribution in [2.24, 2.45) is 0 Å². The van der Waals surface area contributed by atoms with Crippen molar-refractivity contribution in [3.63, 3.8) is 0 Å². The first-order valence-corrected chi connectivity index (χ1v) is 6.53. The number of hydrogen-bond donors (Lipinski definition) is 0. The lowest BCUT2D eigenvalue weighted by atomic mass is 10.1. The second-order valence-corrected chi connectivity index (χ2v) is 5.08. The minimum absolute atomic E-state index is 0.348. The van der Waals surface area contributed by atoms with E-state index in [4.69, 9.17) is 0 Å². The number of anilines is 1. The standard InChI is InChI=1S/C17H12N2O2/c1-10-6-7-12-13(8-10)17(21)19(16(12)20)15-5-3-4-11(2)14(15)9-18/h3-8H,1-2H3. The van der Waals surface area contributed by atoms with E-state index in [1.807, 2.05) is 6.92 Å². The maximum Gasteiger partial charge on any atom is 0.266 e. The highest BCUT2D eigenvalue weighted by Gasteiger charge is 2.37. The van der Waals surface area contributed by atoms with Crippen LogP contribution in [0.3, 0.4) is 0 Å². The Morgan fingerprint density at radius 2 is 1.71 bits per heavy atom. The van der Waals surface area contributed by atoms with Gasteiger partial charge in [-0.25, -0.2) is 4.90 Å². The Kier molecular flexibility index (Phi) is 2.84. The van der Waals surface area contributed by atoms with Crippen LogP contribution in [0.2, 0.25) is 0 Å². The van der Waals surface area contributed by atoms with Crippen molar-refractivity contribution in [3.8, 4) is 6.07 Å². The number of benzene rings is 2. The predicted molar refractivity (Wildman–Crippen MR) is 78.2 cm³/mol. The van der Waals surface area contributed by atoms with Crippen LogP contribution in [-0.4, -0.2) is 11.8 Å². The monoisotopic (exact) mass is 276 g/mol. The van der Waals surface area contributed by atoms with Crippen LogP contribution >= 0.6 is 0 Å². The molecule has 1 heterocycles. The second-order valence-electron chi connectivity index (χ2n) is 5.08. The average Bonchev–Trinajstić information content (AvgIpc) is 2.70. The van der Waals surface area contributed by atoms with Gasteiger partial charge in [-0.2, -0.15) is 5.26 Å². The van der Waals surface area contributed by atoms with Crippen molar-refractivity contribution < 1.29 is 9.59 Å². The van der Waals surface area contributed by atoms with Crippen LogP contribution in [0.4, 0.5) is 5.69 Å². The van der Waals surface area contributed by atoms with Gasteiger partial charge in [0.15, 0.2) is 0 Å². The van der Waals surface area contributed by atoms with Gasteiger partial charge in [0.25, 0.3) is 11.8 Å². The first-order chi connectivity index (χ1) is 10.0. The highest BCUT2D eigenvalue weighted by atomic mass is 16.2. The van der Waals surface area contributed by atoms with Gasteiger partial charge in [0.05, 0.1) is 22.4 Å². The quantitative estimate of drug-likeness (QED) is 0.752. The summed E-state index contributed by atoms with van der Waals surface area (Å²) in [6.45, 7) is 3.65. The highest BCUT2D eigenvalue weighted by Crippen LogP contribution is 2.32. The molecule has 2 aromatic rings. The SMILES string of the molecule is Cc1ccc2c(c1)C(=O)N(c1cccc(C)c1C#N)C2=O. The molecule has 4 nitrogen and oxygen atoms in total. The second kappa shape index (κ2) is 4.57. The molecule has 102 valence electrons. The fourth-order valence-electron chi connectivity index (χ4n) is 2.56. The van der Waals surface area contributed by atoms with Gasteiger partial charge in [-0.3, -0.25) is 9.59 Å². The van der Waals surface area contributed by atoms with Gasteiger partial charge in [0, 0.05) is 0 Å². The van der Waals surface area contributed by atoms with Crippen molar-refractivity contribution in [2.45, 2.75) is 13.8 Å². The summed E-state index contributed by atoms with van der Waals surface area (Å²) in [6, 6.07) is 12.4. The summed E-state index contributed by atoms with van der Waals surface area (Å²) >= 11 is 0. The molecule has 3 rings (SSSR count). The number of aryl methyl sites for hydroxylation is 2. The van der Waals surface area contributed by atoms with Crippen LogP contribution in [0.25, 0.3) is 0 Å². The molecule has 0 aliphatic carbocycles. The molecule has 0 atom stereocenters. The lowest BCUT2D eigenvalue weighted by Crippen LogP contribution is -2.30. The number of nitrogens with zero attached hydrogens (tertiary/aromatic N) is 2. The highest BCUT2D eigenvalue weighted by molar-refractivity contribution is 6.34. The Labute approximate surface area is 122 Å². The molecule has 0 radical (unpaired) electrons. The number of fused-ring (bicyclic) bond motifs is 1. The molecule has 0 aromatic heterocycles. The third-order valence-electron chi connectivity index (χ3n) is 3.65. The van der Waals surface area contributed by atoms with Gasteiger partial charge in [-0.05, 0) is 37.6 Å².